The topological polar surface area (TPSA) is 157 Å². The van der Waals surface area contributed by atoms with Crippen LogP contribution in [0, 0.1) is 0 Å². The first-order valence-electron chi connectivity index (χ1n) is 12.1. The lowest BCUT2D eigenvalue weighted by Gasteiger charge is -2.32. The van der Waals surface area contributed by atoms with Crippen molar-refractivity contribution < 1.29 is 40.1 Å². The van der Waals surface area contributed by atoms with Crippen molar-refractivity contribution in [3.8, 4) is 34.5 Å². The van der Waals surface area contributed by atoms with Gasteiger partial charge in [-0.15, -0.1) is 0 Å². The third-order valence-corrected chi connectivity index (χ3v) is 7.19. The average molecular weight is 517 g/mol. The second-order valence-electron chi connectivity index (χ2n) is 9.61. The van der Waals surface area contributed by atoms with Crippen molar-refractivity contribution in [2.24, 2.45) is 0 Å². The number of rotatable bonds is 2. The molecule has 2 heterocycles. The van der Waals surface area contributed by atoms with Gasteiger partial charge in [0.2, 0.25) is 5.43 Å². The van der Waals surface area contributed by atoms with Crippen LogP contribution in [0.15, 0.2) is 65.5 Å². The van der Waals surface area contributed by atoms with E-state index in [1.165, 1.54) is 18.2 Å². The average Bonchev–Trinajstić information content (AvgIpc) is 3.02. The highest BCUT2D eigenvalue weighted by atomic mass is 16.5. The number of aliphatic hydroxyl groups is 2. The molecule has 0 amide bonds. The van der Waals surface area contributed by atoms with Crippen LogP contribution in [-0.4, -0.2) is 42.8 Å². The molecule has 0 spiro atoms. The fourth-order valence-corrected chi connectivity index (χ4v) is 5.34. The molecule has 4 aromatic rings. The molecule has 0 radical (unpaired) electrons. The molecule has 0 bridgehead atoms. The Morgan fingerprint density at radius 1 is 0.711 bits per heavy atom. The van der Waals surface area contributed by atoms with Crippen LogP contribution in [0.4, 0.5) is 0 Å². The van der Waals surface area contributed by atoms with Crippen LogP contribution in [0.3, 0.4) is 0 Å². The standard InChI is InChI=1S/C29H24O9/c30-18-5-3-7-24-17(18)12-22(34)28(38-24)14-8-15-16(11-20(32)27(36)25(15)26(35)19(31)10-14)29-21(33)9-13-4-1-2-6-23(13)37-29/h1-8,10-11,21-22,28-30,32-34,36H,9,12H2,(H,31,35). The molecular formula is C29H24O9. The van der Waals surface area contributed by atoms with Crippen molar-refractivity contribution in [3.63, 3.8) is 0 Å². The molecule has 0 saturated heterocycles. The number of fused-ring (bicyclic) bond motifs is 3. The van der Waals surface area contributed by atoms with Crippen molar-refractivity contribution in [2.45, 2.75) is 37.3 Å². The Hall–Kier alpha value is -4.47. The SMILES string of the molecule is O=c1c(O)cc(C2Oc3cccc(O)c3CC2O)cc2c(C3Oc4ccccc4CC3O)cc(O)c(O)c12. The number of hydrogen-bond acceptors (Lipinski definition) is 9. The molecule has 4 unspecified atom stereocenters. The fraction of sp³-hybridized carbons (Fsp3) is 0.207. The smallest absolute Gasteiger partial charge is 0.231 e. The number of aromatic hydroxyl groups is 4. The lowest BCUT2D eigenvalue weighted by Crippen LogP contribution is -2.31. The molecule has 2 aliphatic rings. The maximum absolute atomic E-state index is 13.2. The zero-order valence-electron chi connectivity index (χ0n) is 19.9. The van der Waals surface area contributed by atoms with Crippen LogP contribution in [-0.2, 0) is 12.8 Å². The van der Waals surface area contributed by atoms with E-state index in [-0.39, 0.29) is 40.5 Å². The van der Waals surface area contributed by atoms with Crippen molar-refractivity contribution in [1.82, 2.24) is 0 Å². The van der Waals surface area contributed by atoms with Gasteiger partial charge in [-0.2, -0.15) is 0 Å². The minimum atomic E-state index is -1.15. The van der Waals surface area contributed by atoms with Crippen molar-refractivity contribution in [3.05, 3.63) is 93.1 Å². The number of benzene rings is 3. The van der Waals surface area contributed by atoms with Crippen LogP contribution in [0.1, 0.15) is 34.5 Å². The summed E-state index contributed by atoms with van der Waals surface area (Å²) in [4.78, 5) is 13.2. The Labute approximate surface area is 216 Å². The van der Waals surface area contributed by atoms with Crippen molar-refractivity contribution >= 4 is 10.8 Å². The van der Waals surface area contributed by atoms with E-state index in [2.05, 4.69) is 0 Å². The molecule has 4 atom stereocenters. The highest BCUT2D eigenvalue weighted by molar-refractivity contribution is 5.94. The Morgan fingerprint density at radius 2 is 1.42 bits per heavy atom. The van der Waals surface area contributed by atoms with Gasteiger partial charge in [-0.3, -0.25) is 4.79 Å². The van der Waals surface area contributed by atoms with Gasteiger partial charge < -0.3 is 40.1 Å². The Kier molecular flexibility index (Phi) is 5.55. The van der Waals surface area contributed by atoms with Gasteiger partial charge in [-0.1, -0.05) is 24.3 Å². The molecule has 6 rings (SSSR count). The lowest BCUT2D eigenvalue weighted by atomic mass is 9.90. The molecule has 194 valence electrons. The van der Waals surface area contributed by atoms with E-state index >= 15 is 0 Å². The molecule has 0 aromatic heterocycles. The molecule has 0 saturated carbocycles. The summed E-state index contributed by atoms with van der Waals surface area (Å²) in [6.45, 7) is 0. The molecule has 4 aromatic carbocycles. The van der Waals surface area contributed by atoms with E-state index < -0.39 is 47.1 Å². The molecule has 9 heteroatoms. The van der Waals surface area contributed by atoms with Crippen LogP contribution in [0.25, 0.3) is 10.8 Å². The van der Waals surface area contributed by atoms with Crippen molar-refractivity contribution in [1.29, 1.82) is 0 Å². The van der Waals surface area contributed by atoms with Gasteiger partial charge in [0.1, 0.15) is 23.4 Å². The minimum Gasteiger partial charge on any atom is -0.508 e. The van der Waals surface area contributed by atoms with E-state index in [4.69, 9.17) is 9.47 Å². The Bertz CT molecular complexity index is 1650. The highest BCUT2D eigenvalue weighted by Crippen LogP contribution is 2.44. The fourth-order valence-electron chi connectivity index (χ4n) is 5.34. The second kappa shape index (κ2) is 8.83. The van der Waals surface area contributed by atoms with Gasteiger partial charge >= 0.3 is 0 Å². The van der Waals surface area contributed by atoms with Gasteiger partial charge in [0.05, 0.1) is 17.6 Å². The zero-order valence-corrected chi connectivity index (χ0v) is 19.9. The largest absolute Gasteiger partial charge is 0.508 e. The maximum atomic E-state index is 13.2. The lowest BCUT2D eigenvalue weighted by molar-refractivity contribution is 0.0197. The first-order chi connectivity index (χ1) is 18.2. The number of para-hydroxylation sites is 1. The minimum absolute atomic E-state index is 0.0276. The quantitative estimate of drug-likeness (QED) is 0.220. The first-order valence-corrected chi connectivity index (χ1v) is 12.1. The van der Waals surface area contributed by atoms with Gasteiger partial charge in [0, 0.05) is 24.0 Å². The monoisotopic (exact) mass is 516 g/mol. The van der Waals surface area contributed by atoms with Gasteiger partial charge in [0.25, 0.3) is 0 Å². The maximum Gasteiger partial charge on any atom is 0.231 e. The molecule has 0 aliphatic carbocycles. The second-order valence-corrected chi connectivity index (χ2v) is 9.61. The third-order valence-electron chi connectivity index (χ3n) is 7.19. The van der Waals surface area contributed by atoms with Gasteiger partial charge in [-0.05, 0) is 52.9 Å². The summed E-state index contributed by atoms with van der Waals surface area (Å²) in [7, 11) is 0. The number of aliphatic hydroxyl groups excluding tert-OH is 2. The predicted molar refractivity (Wildman–Crippen MR) is 136 cm³/mol. The summed E-state index contributed by atoms with van der Waals surface area (Å²) in [5.41, 5.74) is 0.658. The highest BCUT2D eigenvalue weighted by Gasteiger charge is 2.35. The van der Waals surface area contributed by atoms with E-state index in [1.807, 2.05) is 12.1 Å². The normalized spacial score (nSPS) is 22.2. The molecule has 6 N–H and O–H groups in total. The summed E-state index contributed by atoms with van der Waals surface area (Å²) < 4.78 is 12.1. The number of phenols is 3. The number of hydrogen-bond donors (Lipinski definition) is 6. The molecule has 9 nitrogen and oxygen atoms in total. The molecular weight excluding hydrogens is 492 g/mol. The number of ether oxygens (including phenoxy) is 2. The summed E-state index contributed by atoms with van der Waals surface area (Å²) >= 11 is 0. The van der Waals surface area contributed by atoms with Gasteiger partial charge in [-0.25, -0.2) is 0 Å². The van der Waals surface area contributed by atoms with E-state index in [0.717, 1.165) is 11.6 Å². The van der Waals surface area contributed by atoms with Crippen molar-refractivity contribution in [2.75, 3.05) is 0 Å². The zero-order chi connectivity index (χ0) is 26.7. The summed E-state index contributed by atoms with van der Waals surface area (Å²) in [5, 5.41) is 63.6. The third kappa shape index (κ3) is 3.75. The van der Waals surface area contributed by atoms with Gasteiger partial charge in [0.15, 0.2) is 23.4 Å². The summed E-state index contributed by atoms with van der Waals surface area (Å²) in [6.07, 6.45) is -3.98. The predicted octanol–water partition coefficient (Wildman–Crippen LogP) is 3.10. The molecule has 2 aliphatic heterocycles. The molecule has 0 fully saturated rings. The summed E-state index contributed by atoms with van der Waals surface area (Å²) in [5.74, 6) is -1.27. The Morgan fingerprint density at radius 3 is 2.24 bits per heavy atom. The van der Waals surface area contributed by atoms with E-state index in [1.54, 1.807) is 24.3 Å². The van der Waals surface area contributed by atoms with E-state index in [0.29, 0.717) is 17.1 Å². The van der Waals surface area contributed by atoms with Crippen LogP contribution in [0.2, 0.25) is 0 Å². The van der Waals surface area contributed by atoms with Crippen LogP contribution < -0.4 is 14.9 Å². The molecule has 38 heavy (non-hydrogen) atoms. The summed E-state index contributed by atoms with van der Waals surface area (Å²) in [6, 6.07) is 15.7. The van der Waals surface area contributed by atoms with Crippen LogP contribution >= 0.6 is 0 Å². The Balaban J connectivity index is 1.57. The first kappa shape index (κ1) is 23.9. The van der Waals surface area contributed by atoms with Crippen LogP contribution in [0.5, 0.6) is 34.5 Å². The number of phenolic OH excluding ortho intramolecular Hbond substituents is 3. The van der Waals surface area contributed by atoms with E-state index in [9.17, 15) is 35.4 Å².